The molecule has 14 heteroatoms. The van der Waals surface area contributed by atoms with E-state index in [1.54, 1.807) is 0 Å². The summed E-state index contributed by atoms with van der Waals surface area (Å²) in [7, 11) is 0. The molecular weight excluding hydrogens is 785 g/mol. The summed E-state index contributed by atoms with van der Waals surface area (Å²) in [4.78, 5) is 73.9. The van der Waals surface area contributed by atoms with Crippen molar-refractivity contribution < 1.29 is 57.2 Å². The predicted molar refractivity (Wildman–Crippen MR) is 223 cm³/mol. The molecule has 61 heavy (non-hydrogen) atoms. The fourth-order valence-electron chi connectivity index (χ4n) is 9.19. The van der Waals surface area contributed by atoms with Gasteiger partial charge in [-0.3, -0.25) is 19.2 Å². The number of hydrogen-bond acceptors (Lipinski definition) is 12. The van der Waals surface area contributed by atoms with Crippen LogP contribution in [-0.4, -0.2) is 97.6 Å². The molecule has 4 saturated heterocycles. The quantitative estimate of drug-likeness (QED) is 0.0358. The van der Waals surface area contributed by atoms with Gasteiger partial charge in [0.05, 0.1) is 24.0 Å². The van der Waals surface area contributed by atoms with Crippen molar-refractivity contribution in [2.24, 2.45) is 11.8 Å². The molecule has 0 bridgehead atoms. The van der Waals surface area contributed by atoms with Crippen LogP contribution in [0.15, 0.2) is 47.6 Å². The lowest BCUT2D eigenvalue weighted by Gasteiger charge is -2.20. The van der Waals surface area contributed by atoms with Gasteiger partial charge in [-0.25, -0.2) is 9.59 Å². The van der Waals surface area contributed by atoms with E-state index >= 15 is 0 Å². The summed E-state index contributed by atoms with van der Waals surface area (Å²) >= 11 is 0. The van der Waals surface area contributed by atoms with Crippen LogP contribution in [0.5, 0.6) is 0 Å². The van der Waals surface area contributed by atoms with Gasteiger partial charge in [0.25, 0.3) is 0 Å². The minimum Gasteiger partial charge on any atom is -0.461 e. The summed E-state index contributed by atoms with van der Waals surface area (Å²) in [6.07, 6.45) is 16.2. The van der Waals surface area contributed by atoms with Crippen molar-refractivity contribution in [1.29, 1.82) is 0 Å². The van der Waals surface area contributed by atoms with Crippen molar-refractivity contribution in [2.45, 2.75) is 171 Å². The maximum absolute atomic E-state index is 12.5. The molecule has 0 aromatic rings. The fourth-order valence-corrected chi connectivity index (χ4v) is 9.19. The molecule has 2 N–H and O–H groups in total. The van der Waals surface area contributed by atoms with Gasteiger partial charge in [0.1, 0.15) is 37.6 Å². The van der Waals surface area contributed by atoms with Crippen LogP contribution in [0.1, 0.15) is 136 Å². The predicted octanol–water partition coefficient (Wildman–Crippen LogP) is 6.11. The minimum atomic E-state index is -0.415. The first-order chi connectivity index (χ1) is 29.3. The van der Waals surface area contributed by atoms with Crippen molar-refractivity contribution in [3.8, 4) is 0 Å². The lowest BCUT2D eigenvalue weighted by atomic mass is 9.84. The number of epoxide rings is 2. The zero-order valence-electron chi connectivity index (χ0n) is 36.2. The SMILES string of the molecule is C=C1C(=O)O[C@H]2[C@H]1CC/C(COC(=O)CCC(=O)NCCCCCCCCCNC(=O)CCC(=O)OC/C1=C/CC[C@@]3(C)O[C@H]3[C@H]3OC(=O)C(=C)[C@@H]3CC1)=C\CC[C@@]1(C)O[C@@H]21. The van der Waals surface area contributed by atoms with Gasteiger partial charge >= 0.3 is 23.9 Å². The van der Waals surface area contributed by atoms with Gasteiger partial charge in [0, 0.05) is 48.9 Å². The molecule has 6 rings (SSSR count). The molecule has 4 fully saturated rings. The second kappa shape index (κ2) is 21.2. The molecule has 2 aliphatic carbocycles. The molecule has 0 aromatic carbocycles. The van der Waals surface area contributed by atoms with Crippen molar-refractivity contribution in [3.63, 3.8) is 0 Å². The lowest BCUT2D eigenvalue weighted by molar-refractivity contribution is -0.144. The molecule has 4 heterocycles. The number of allylic oxidation sites excluding steroid dienone is 2. The molecule has 0 aromatic heterocycles. The Bertz CT molecular complexity index is 1630. The highest BCUT2D eigenvalue weighted by Gasteiger charge is 2.62. The normalized spacial score (nSPS) is 32.2. The zero-order chi connectivity index (χ0) is 43.6. The topological polar surface area (TPSA) is 188 Å². The van der Waals surface area contributed by atoms with Crippen LogP contribution in [0.4, 0.5) is 0 Å². The summed E-state index contributed by atoms with van der Waals surface area (Å²) in [6, 6.07) is 0. The average Bonchev–Trinajstić information content (AvgIpc) is 4.05. The molecule has 336 valence electrons. The van der Waals surface area contributed by atoms with Crippen molar-refractivity contribution in [2.75, 3.05) is 26.3 Å². The summed E-state index contributed by atoms with van der Waals surface area (Å²) < 4.78 is 34.1. The average molecular weight is 851 g/mol. The van der Waals surface area contributed by atoms with Crippen LogP contribution in [-0.2, 0) is 57.2 Å². The Hall–Kier alpha value is -4.30. The van der Waals surface area contributed by atoms with E-state index in [2.05, 4.69) is 35.9 Å². The Labute approximate surface area is 359 Å². The lowest BCUT2D eigenvalue weighted by Crippen LogP contribution is -2.29. The van der Waals surface area contributed by atoms with Crippen LogP contribution in [0.2, 0.25) is 0 Å². The van der Waals surface area contributed by atoms with E-state index in [-0.39, 0.29) is 110 Å². The van der Waals surface area contributed by atoms with Crippen LogP contribution in [0, 0.1) is 11.8 Å². The van der Waals surface area contributed by atoms with Gasteiger partial charge in [-0.05, 0) is 89.2 Å². The number of ether oxygens (including phenoxy) is 6. The van der Waals surface area contributed by atoms with E-state index in [9.17, 15) is 28.8 Å². The Morgan fingerprint density at radius 2 is 1.03 bits per heavy atom. The van der Waals surface area contributed by atoms with Gasteiger partial charge in [-0.2, -0.15) is 0 Å². The molecule has 2 amide bonds. The summed E-state index contributed by atoms with van der Waals surface area (Å²) in [5, 5.41) is 5.79. The number of carbonyl (C=O) groups excluding carboxylic acids is 6. The van der Waals surface area contributed by atoms with E-state index < -0.39 is 11.9 Å². The van der Waals surface area contributed by atoms with Gasteiger partial charge in [-0.15, -0.1) is 0 Å². The van der Waals surface area contributed by atoms with Crippen LogP contribution < -0.4 is 10.6 Å². The minimum absolute atomic E-state index is 0.0142. The Balaban J connectivity index is 0.725. The van der Waals surface area contributed by atoms with Crippen molar-refractivity contribution in [3.05, 3.63) is 47.6 Å². The molecule has 8 atom stereocenters. The maximum atomic E-state index is 12.5. The smallest absolute Gasteiger partial charge is 0.334 e. The molecule has 0 unspecified atom stereocenters. The van der Waals surface area contributed by atoms with Gasteiger partial charge in [-0.1, -0.05) is 57.4 Å². The molecule has 0 saturated carbocycles. The van der Waals surface area contributed by atoms with Crippen molar-refractivity contribution >= 4 is 35.7 Å². The third-order valence-electron chi connectivity index (χ3n) is 13.3. The highest BCUT2D eigenvalue weighted by molar-refractivity contribution is 5.91. The number of nitrogens with one attached hydrogen (secondary N) is 2. The second-order valence-electron chi connectivity index (χ2n) is 18.1. The Morgan fingerprint density at radius 1 is 0.639 bits per heavy atom. The van der Waals surface area contributed by atoms with Crippen LogP contribution in [0.25, 0.3) is 0 Å². The van der Waals surface area contributed by atoms with Gasteiger partial charge < -0.3 is 39.1 Å². The number of amides is 2. The first-order valence-electron chi connectivity index (χ1n) is 22.6. The van der Waals surface area contributed by atoms with E-state index in [1.807, 2.05) is 13.8 Å². The molecule has 0 radical (unpaired) electrons. The highest BCUT2D eigenvalue weighted by Crippen LogP contribution is 2.51. The molecule has 0 spiro atoms. The summed E-state index contributed by atoms with van der Waals surface area (Å²) in [6.45, 7) is 13.4. The van der Waals surface area contributed by atoms with E-state index in [1.165, 1.54) is 0 Å². The van der Waals surface area contributed by atoms with Crippen LogP contribution in [0.3, 0.4) is 0 Å². The van der Waals surface area contributed by atoms with Crippen molar-refractivity contribution in [1.82, 2.24) is 10.6 Å². The van der Waals surface area contributed by atoms with Gasteiger partial charge in [0.2, 0.25) is 11.8 Å². The maximum Gasteiger partial charge on any atom is 0.334 e. The number of fused-ring (bicyclic) bond motifs is 6. The summed E-state index contributed by atoms with van der Waals surface area (Å²) in [5.74, 6) is -2.12. The van der Waals surface area contributed by atoms with E-state index in [0.717, 1.165) is 81.8 Å². The van der Waals surface area contributed by atoms with E-state index in [4.69, 9.17) is 28.4 Å². The van der Waals surface area contributed by atoms with E-state index in [0.29, 0.717) is 49.9 Å². The number of esters is 4. The van der Waals surface area contributed by atoms with Crippen LogP contribution >= 0.6 is 0 Å². The molecule has 14 nitrogen and oxygen atoms in total. The number of hydrogen-bond donors (Lipinski definition) is 2. The number of carbonyl (C=O) groups is 6. The second-order valence-corrected chi connectivity index (χ2v) is 18.1. The molecule has 4 aliphatic heterocycles. The number of rotatable bonds is 20. The Morgan fingerprint density at radius 3 is 1.44 bits per heavy atom. The monoisotopic (exact) mass is 850 g/mol. The fraction of sp³-hybridized carbons (Fsp3) is 0.702. The summed E-state index contributed by atoms with van der Waals surface area (Å²) in [5.41, 5.74) is 2.29. The number of unbranched alkanes of at least 4 members (excludes halogenated alkanes) is 6. The molecular formula is C47H66N2O12. The third-order valence-corrected chi connectivity index (χ3v) is 13.3. The highest BCUT2D eigenvalue weighted by atomic mass is 16.7. The third kappa shape index (κ3) is 12.9. The largest absolute Gasteiger partial charge is 0.461 e. The first-order valence-corrected chi connectivity index (χ1v) is 22.6. The molecule has 6 aliphatic rings. The van der Waals surface area contributed by atoms with Gasteiger partial charge in [0.15, 0.2) is 0 Å². The zero-order valence-corrected chi connectivity index (χ0v) is 36.2. The standard InChI is InChI=1S/C47H66N2O12/c1-30-34-18-16-32(14-12-24-46(3)42(60-46)40(34)58-44(30)54)28-56-38(52)22-20-36(50)48-26-10-8-6-5-7-9-11-27-49-37(51)21-23-39(53)57-29-33-15-13-25-47(4)43(61-47)41-35(19-17-33)31(2)45(55)59-41/h14-15,34-35,40-43H,1-2,5-13,16-29H2,3-4H3,(H,48,50)(H,49,51)/b32-14+,33-15+/t34-,35-,40-,41-,42-,43-,46+,47+/m0/s1. The Kier molecular flexibility index (Phi) is 16.0. The first kappa shape index (κ1) is 46.2.